The molecule has 0 unspecified atom stereocenters. The van der Waals surface area contributed by atoms with Gasteiger partial charge in [0.05, 0.1) is 6.10 Å². The first-order valence-electron chi connectivity index (χ1n) is 5.39. The minimum atomic E-state index is -0.426. The number of nitrogens with zero attached hydrogens (tertiary/aromatic N) is 2. The van der Waals surface area contributed by atoms with Crippen LogP contribution in [-0.2, 0) is 0 Å². The molecular formula is C13H14N2OS. The highest BCUT2D eigenvalue weighted by Crippen LogP contribution is 2.25. The number of hydrogen-bond acceptors (Lipinski definition) is 4. The number of aliphatic hydroxyl groups is 1. The van der Waals surface area contributed by atoms with Crippen molar-refractivity contribution in [1.82, 2.24) is 9.97 Å². The van der Waals surface area contributed by atoms with E-state index in [1.165, 1.54) is 11.8 Å². The first-order chi connectivity index (χ1) is 8.15. The van der Waals surface area contributed by atoms with Crippen molar-refractivity contribution in [1.29, 1.82) is 0 Å². The van der Waals surface area contributed by atoms with Crippen molar-refractivity contribution >= 4 is 11.8 Å². The number of aryl methyl sites for hydroxylation is 1. The van der Waals surface area contributed by atoms with Gasteiger partial charge in [0.15, 0.2) is 5.16 Å². The molecule has 1 heterocycles. The van der Waals surface area contributed by atoms with E-state index in [0.717, 1.165) is 21.2 Å². The van der Waals surface area contributed by atoms with Gasteiger partial charge in [-0.15, -0.1) is 0 Å². The van der Waals surface area contributed by atoms with Crippen LogP contribution in [0.2, 0.25) is 0 Å². The first kappa shape index (κ1) is 12.1. The van der Waals surface area contributed by atoms with Crippen LogP contribution in [0.4, 0.5) is 0 Å². The molecule has 0 amide bonds. The molecule has 0 saturated carbocycles. The SMILES string of the molecule is Cc1cnc(Sc2ccc([C@H](C)O)cc2)nc1. The Morgan fingerprint density at radius 3 is 2.24 bits per heavy atom. The Morgan fingerprint density at radius 1 is 1.12 bits per heavy atom. The van der Waals surface area contributed by atoms with Gasteiger partial charge in [-0.2, -0.15) is 0 Å². The van der Waals surface area contributed by atoms with Gasteiger partial charge in [-0.05, 0) is 48.9 Å². The van der Waals surface area contributed by atoms with Crippen molar-refractivity contribution in [2.75, 3.05) is 0 Å². The highest BCUT2D eigenvalue weighted by molar-refractivity contribution is 7.99. The van der Waals surface area contributed by atoms with Crippen LogP contribution in [0.15, 0.2) is 46.7 Å². The quantitative estimate of drug-likeness (QED) is 0.846. The lowest BCUT2D eigenvalue weighted by molar-refractivity contribution is 0.199. The topological polar surface area (TPSA) is 46.0 Å². The second-order valence-electron chi connectivity index (χ2n) is 3.89. The van der Waals surface area contributed by atoms with Gasteiger partial charge in [-0.25, -0.2) is 9.97 Å². The molecule has 88 valence electrons. The summed E-state index contributed by atoms with van der Waals surface area (Å²) in [5.41, 5.74) is 1.97. The van der Waals surface area contributed by atoms with Crippen molar-refractivity contribution in [3.63, 3.8) is 0 Å². The maximum Gasteiger partial charge on any atom is 0.192 e. The molecule has 1 atom stereocenters. The molecule has 17 heavy (non-hydrogen) atoms. The molecule has 2 aromatic rings. The summed E-state index contributed by atoms with van der Waals surface area (Å²) in [4.78, 5) is 9.53. The predicted molar refractivity (Wildman–Crippen MR) is 68.0 cm³/mol. The predicted octanol–water partition coefficient (Wildman–Crippen LogP) is 2.99. The van der Waals surface area contributed by atoms with Gasteiger partial charge in [-0.1, -0.05) is 12.1 Å². The monoisotopic (exact) mass is 246 g/mol. The van der Waals surface area contributed by atoms with E-state index in [1.807, 2.05) is 31.2 Å². The van der Waals surface area contributed by atoms with Crippen LogP contribution >= 0.6 is 11.8 Å². The van der Waals surface area contributed by atoms with Gasteiger partial charge in [0.25, 0.3) is 0 Å². The molecule has 3 nitrogen and oxygen atoms in total. The third kappa shape index (κ3) is 3.28. The molecule has 0 radical (unpaired) electrons. The maximum absolute atomic E-state index is 9.40. The first-order valence-corrected chi connectivity index (χ1v) is 6.21. The Morgan fingerprint density at radius 2 is 1.71 bits per heavy atom. The zero-order valence-corrected chi connectivity index (χ0v) is 10.6. The van der Waals surface area contributed by atoms with Gasteiger partial charge < -0.3 is 5.11 Å². The number of rotatable bonds is 3. The maximum atomic E-state index is 9.40. The second kappa shape index (κ2) is 5.29. The van der Waals surface area contributed by atoms with Crippen molar-refractivity contribution in [2.45, 2.75) is 30.0 Å². The minimum Gasteiger partial charge on any atom is -0.389 e. The highest BCUT2D eigenvalue weighted by Gasteiger charge is 2.03. The summed E-state index contributed by atoms with van der Waals surface area (Å²) in [6.45, 7) is 3.72. The average Bonchev–Trinajstić information content (AvgIpc) is 2.33. The van der Waals surface area contributed by atoms with Gasteiger partial charge in [0.2, 0.25) is 0 Å². The Kier molecular flexibility index (Phi) is 3.76. The molecule has 0 bridgehead atoms. The van der Waals surface area contributed by atoms with Gasteiger partial charge in [0, 0.05) is 17.3 Å². The van der Waals surface area contributed by atoms with Crippen molar-refractivity contribution in [3.8, 4) is 0 Å². The van der Waals surface area contributed by atoms with Crippen LogP contribution in [0.25, 0.3) is 0 Å². The van der Waals surface area contributed by atoms with E-state index in [4.69, 9.17) is 0 Å². The zero-order valence-electron chi connectivity index (χ0n) is 9.79. The largest absolute Gasteiger partial charge is 0.389 e. The van der Waals surface area contributed by atoms with Crippen LogP contribution in [-0.4, -0.2) is 15.1 Å². The van der Waals surface area contributed by atoms with E-state index in [9.17, 15) is 5.11 Å². The van der Waals surface area contributed by atoms with E-state index in [2.05, 4.69) is 9.97 Å². The van der Waals surface area contributed by atoms with Gasteiger partial charge in [0.1, 0.15) is 0 Å². The molecule has 4 heteroatoms. The van der Waals surface area contributed by atoms with Gasteiger partial charge in [-0.3, -0.25) is 0 Å². The van der Waals surface area contributed by atoms with Crippen LogP contribution in [0.5, 0.6) is 0 Å². The standard InChI is InChI=1S/C13H14N2OS/c1-9-7-14-13(15-8-9)17-12-5-3-11(4-6-12)10(2)16/h3-8,10,16H,1-2H3/t10-/m0/s1. The van der Waals surface area contributed by atoms with Crippen molar-refractivity contribution in [2.24, 2.45) is 0 Å². The Hall–Kier alpha value is -1.39. The Balaban J connectivity index is 2.11. The zero-order chi connectivity index (χ0) is 12.3. The van der Waals surface area contributed by atoms with Gasteiger partial charge >= 0.3 is 0 Å². The van der Waals surface area contributed by atoms with E-state index >= 15 is 0 Å². The van der Waals surface area contributed by atoms with E-state index in [1.54, 1.807) is 19.3 Å². The molecular weight excluding hydrogens is 232 g/mol. The molecule has 0 fully saturated rings. The molecule has 2 rings (SSSR count). The van der Waals surface area contributed by atoms with Crippen molar-refractivity contribution < 1.29 is 5.11 Å². The number of aliphatic hydroxyl groups excluding tert-OH is 1. The molecule has 0 aliphatic carbocycles. The smallest absolute Gasteiger partial charge is 0.192 e. The Labute approximate surface area is 105 Å². The lowest BCUT2D eigenvalue weighted by atomic mass is 10.1. The van der Waals surface area contributed by atoms with Crippen molar-refractivity contribution in [3.05, 3.63) is 47.8 Å². The normalized spacial score (nSPS) is 12.4. The summed E-state index contributed by atoms with van der Waals surface area (Å²) >= 11 is 1.51. The molecule has 0 aliphatic rings. The molecule has 1 aromatic carbocycles. The molecule has 0 saturated heterocycles. The summed E-state index contributed by atoms with van der Waals surface area (Å²) < 4.78 is 0. The highest BCUT2D eigenvalue weighted by atomic mass is 32.2. The number of aromatic nitrogens is 2. The summed E-state index contributed by atoms with van der Waals surface area (Å²) in [6.07, 6.45) is 3.18. The fourth-order valence-corrected chi connectivity index (χ4v) is 2.05. The minimum absolute atomic E-state index is 0.426. The number of benzene rings is 1. The van der Waals surface area contributed by atoms with Crippen LogP contribution in [0, 0.1) is 6.92 Å². The van der Waals surface area contributed by atoms with Crippen LogP contribution < -0.4 is 0 Å². The molecule has 0 aliphatic heterocycles. The summed E-state index contributed by atoms with van der Waals surface area (Å²) in [7, 11) is 0. The lowest BCUT2D eigenvalue weighted by Crippen LogP contribution is -1.90. The van der Waals surface area contributed by atoms with Crippen LogP contribution in [0.3, 0.4) is 0 Å². The van der Waals surface area contributed by atoms with E-state index in [0.29, 0.717) is 0 Å². The summed E-state index contributed by atoms with van der Waals surface area (Å²) in [5, 5.41) is 10.1. The average molecular weight is 246 g/mol. The van der Waals surface area contributed by atoms with E-state index < -0.39 is 6.10 Å². The molecule has 0 spiro atoms. The van der Waals surface area contributed by atoms with Crippen LogP contribution in [0.1, 0.15) is 24.2 Å². The number of hydrogen-bond donors (Lipinski definition) is 1. The fraction of sp³-hybridized carbons (Fsp3) is 0.231. The summed E-state index contributed by atoms with van der Waals surface area (Å²) in [6, 6.07) is 7.77. The molecule has 1 N–H and O–H groups in total. The summed E-state index contributed by atoms with van der Waals surface area (Å²) in [5.74, 6) is 0. The lowest BCUT2D eigenvalue weighted by Gasteiger charge is -2.05. The van der Waals surface area contributed by atoms with E-state index in [-0.39, 0.29) is 0 Å². The second-order valence-corrected chi connectivity index (χ2v) is 4.93. The third-order valence-corrected chi connectivity index (χ3v) is 3.23. The Bertz CT molecular complexity index is 480. The molecule has 1 aromatic heterocycles. The fourth-order valence-electron chi connectivity index (χ4n) is 1.35. The third-order valence-electron chi connectivity index (χ3n) is 2.33.